The van der Waals surface area contributed by atoms with E-state index in [2.05, 4.69) is 20.7 Å². The van der Waals surface area contributed by atoms with Gasteiger partial charge in [0.25, 0.3) is 5.91 Å². The summed E-state index contributed by atoms with van der Waals surface area (Å²) in [7, 11) is 0. The smallest absolute Gasteiger partial charge is 0.269 e. The van der Waals surface area contributed by atoms with Crippen molar-refractivity contribution in [2.24, 2.45) is 5.84 Å². The number of rotatable bonds is 5. The molecule has 0 aliphatic heterocycles. The Bertz CT molecular complexity index is 544. The predicted octanol–water partition coefficient (Wildman–Crippen LogP) is 0.735. The van der Waals surface area contributed by atoms with Gasteiger partial charge in [0.05, 0.1) is 5.69 Å². The van der Waals surface area contributed by atoms with E-state index < -0.39 is 0 Å². The van der Waals surface area contributed by atoms with E-state index in [4.69, 9.17) is 5.84 Å². The topological polar surface area (TPSA) is 92.9 Å². The third kappa shape index (κ3) is 3.75. The molecule has 6 nitrogen and oxygen atoms in total. The Hall–Kier alpha value is -2.47. The molecule has 0 saturated heterocycles. The van der Waals surface area contributed by atoms with Crippen molar-refractivity contribution in [2.45, 2.75) is 6.42 Å². The van der Waals surface area contributed by atoms with Gasteiger partial charge >= 0.3 is 0 Å². The summed E-state index contributed by atoms with van der Waals surface area (Å²) in [5, 5.41) is 2.79. The third-order valence-electron chi connectivity index (χ3n) is 2.55. The lowest BCUT2D eigenvalue weighted by Gasteiger charge is -2.05. The predicted molar refractivity (Wildman–Crippen MR) is 72.3 cm³/mol. The van der Waals surface area contributed by atoms with Gasteiger partial charge in [-0.15, -0.1) is 0 Å². The fourth-order valence-electron chi connectivity index (χ4n) is 1.59. The van der Waals surface area contributed by atoms with Crippen LogP contribution in [0.25, 0.3) is 0 Å². The number of hydrogen-bond donors (Lipinski definition) is 3. The standard InChI is InChI=1S/C13H15N5O/c14-18-11-5-7-16-12(9-11)13(19)17-8-4-10-3-1-2-6-15-10/h1-3,5-7,9H,4,8,14H2,(H,16,18)(H,17,19). The van der Waals surface area contributed by atoms with Crippen LogP contribution in [0.4, 0.5) is 5.69 Å². The highest BCUT2D eigenvalue weighted by atomic mass is 16.1. The molecule has 0 unspecified atom stereocenters. The fourth-order valence-corrected chi connectivity index (χ4v) is 1.59. The van der Waals surface area contributed by atoms with Crippen molar-refractivity contribution >= 4 is 11.6 Å². The Kier molecular flexibility index (Phi) is 4.41. The zero-order chi connectivity index (χ0) is 13.5. The van der Waals surface area contributed by atoms with Gasteiger partial charge in [-0.1, -0.05) is 6.07 Å². The van der Waals surface area contributed by atoms with Gasteiger partial charge in [-0.2, -0.15) is 0 Å². The number of anilines is 1. The number of pyridine rings is 2. The average molecular weight is 257 g/mol. The van der Waals surface area contributed by atoms with Gasteiger partial charge < -0.3 is 10.7 Å². The molecule has 0 bridgehead atoms. The normalized spacial score (nSPS) is 9.95. The molecule has 2 aromatic heterocycles. The first-order valence-corrected chi connectivity index (χ1v) is 5.90. The summed E-state index contributed by atoms with van der Waals surface area (Å²) >= 11 is 0. The molecule has 0 fully saturated rings. The number of carbonyl (C=O) groups is 1. The van der Waals surface area contributed by atoms with Gasteiger partial charge in [-0.05, 0) is 24.3 Å². The quantitative estimate of drug-likeness (QED) is 0.542. The molecule has 0 spiro atoms. The summed E-state index contributed by atoms with van der Waals surface area (Å²) < 4.78 is 0. The molecular formula is C13H15N5O. The van der Waals surface area contributed by atoms with Crippen LogP contribution in [0.2, 0.25) is 0 Å². The lowest BCUT2D eigenvalue weighted by molar-refractivity contribution is 0.0949. The maximum Gasteiger partial charge on any atom is 0.269 e. The zero-order valence-electron chi connectivity index (χ0n) is 10.3. The minimum atomic E-state index is -0.229. The Balaban J connectivity index is 1.87. The van der Waals surface area contributed by atoms with Crippen molar-refractivity contribution < 1.29 is 4.79 Å². The van der Waals surface area contributed by atoms with Crippen LogP contribution < -0.4 is 16.6 Å². The Morgan fingerprint density at radius 3 is 2.84 bits per heavy atom. The molecule has 0 aliphatic rings. The van der Waals surface area contributed by atoms with Crippen molar-refractivity contribution in [1.82, 2.24) is 15.3 Å². The molecule has 2 aromatic rings. The van der Waals surface area contributed by atoms with E-state index in [0.29, 0.717) is 24.3 Å². The summed E-state index contributed by atoms with van der Waals surface area (Å²) in [4.78, 5) is 20.0. The average Bonchev–Trinajstić information content (AvgIpc) is 2.48. The Labute approximate surface area is 111 Å². The highest BCUT2D eigenvalue weighted by Crippen LogP contribution is 2.05. The van der Waals surface area contributed by atoms with Crippen molar-refractivity contribution in [1.29, 1.82) is 0 Å². The molecule has 0 aromatic carbocycles. The Morgan fingerprint density at radius 1 is 1.21 bits per heavy atom. The van der Waals surface area contributed by atoms with Gasteiger partial charge in [-0.25, -0.2) is 0 Å². The molecule has 98 valence electrons. The molecule has 0 saturated carbocycles. The molecular weight excluding hydrogens is 242 g/mol. The van der Waals surface area contributed by atoms with E-state index in [0.717, 1.165) is 5.69 Å². The number of hydrazine groups is 1. The molecule has 4 N–H and O–H groups in total. The summed E-state index contributed by atoms with van der Waals surface area (Å²) in [6.45, 7) is 0.512. The van der Waals surface area contributed by atoms with Crippen LogP contribution in [0.15, 0.2) is 42.7 Å². The van der Waals surface area contributed by atoms with Crippen LogP contribution in [-0.2, 0) is 6.42 Å². The number of nitrogen functional groups attached to an aromatic ring is 1. The molecule has 1 amide bonds. The number of nitrogens with one attached hydrogen (secondary N) is 2. The SMILES string of the molecule is NNc1ccnc(C(=O)NCCc2ccccn2)c1. The molecule has 0 atom stereocenters. The second kappa shape index (κ2) is 6.46. The molecule has 0 aliphatic carbocycles. The maximum atomic E-state index is 11.8. The summed E-state index contributed by atoms with van der Waals surface area (Å²) in [5.41, 5.74) is 4.39. The lowest BCUT2D eigenvalue weighted by atomic mass is 10.2. The van der Waals surface area contributed by atoms with E-state index >= 15 is 0 Å². The molecule has 19 heavy (non-hydrogen) atoms. The zero-order valence-corrected chi connectivity index (χ0v) is 10.3. The fraction of sp³-hybridized carbons (Fsp3) is 0.154. The van der Waals surface area contributed by atoms with Gasteiger partial charge in [0.15, 0.2) is 0 Å². The summed E-state index contributed by atoms with van der Waals surface area (Å²) in [6.07, 6.45) is 3.94. The highest BCUT2D eigenvalue weighted by Gasteiger charge is 2.07. The second-order valence-electron chi connectivity index (χ2n) is 3.90. The molecule has 2 rings (SSSR count). The van der Waals surface area contributed by atoms with E-state index in [1.165, 1.54) is 6.20 Å². The largest absolute Gasteiger partial charge is 0.350 e. The Morgan fingerprint density at radius 2 is 2.11 bits per heavy atom. The molecule has 0 radical (unpaired) electrons. The van der Waals surface area contributed by atoms with E-state index in [9.17, 15) is 4.79 Å². The first-order valence-electron chi connectivity index (χ1n) is 5.90. The third-order valence-corrected chi connectivity index (χ3v) is 2.55. The minimum absolute atomic E-state index is 0.229. The van der Waals surface area contributed by atoms with Crippen LogP contribution in [0, 0.1) is 0 Å². The van der Waals surface area contributed by atoms with Crippen LogP contribution in [0.3, 0.4) is 0 Å². The van der Waals surface area contributed by atoms with Crippen molar-refractivity contribution in [3.8, 4) is 0 Å². The highest BCUT2D eigenvalue weighted by molar-refractivity contribution is 5.93. The molecule has 6 heteroatoms. The number of carbonyl (C=O) groups excluding carboxylic acids is 1. The van der Waals surface area contributed by atoms with Crippen molar-refractivity contribution in [3.05, 3.63) is 54.1 Å². The maximum absolute atomic E-state index is 11.8. The van der Waals surface area contributed by atoms with Crippen LogP contribution in [0.1, 0.15) is 16.2 Å². The van der Waals surface area contributed by atoms with Gasteiger partial charge in [0.2, 0.25) is 0 Å². The number of nitrogens with two attached hydrogens (primary N) is 1. The second-order valence-corrected chi connectivity index (χ2v) is 3.90. The number of nitrogens with zero attached hydrogens (tertiary/aromatic N) is 2. The van der Waals surface area contributed by atoms with E-state index in [1.54, 1.807) is 18.3 Å². The summed E-state index contributed by atoms with van der Waals surface area (Å²) in [5.74, 6) is 5.05. The number of aromatic nitrogens is 2. The van der Waals surface area contributed by atoms with Crippen LogP contribution >= 0.6 is 0 Å². The molecule has 2 heterocycles. The van der Waals surface area contributed by atoms with Crippen molar-refractivity contribution in [2.75, 3.05) is 12.0 Å². The van der Waals surface area contributed by atoms with Crippen molar-refractivity contribution in [3.63, 3.8) is 0 Å². The number of amides is 1. The lowest BCUT2D eigenvalue weighted by Crippen LogP contribution is -2.26. The monoisotopic (exact) mass is 257 g/mol. The first-order chi connectivity index (χ1) is 9.29. The van der Waals surface area contributed by atoms with E-state index in [-0.39, 0.29) is 5.91 Å². The van der Waals surface area contributed by atoms with Crippen LogP contribution in [0.5, 0.6) is 0 Å². The number of hydrogen-bond acceptors (Lipinski definition) is 5. The first kappa shape index (κ1) is 13.0. The van der Waals surface area contributed by atoms with Gasteiger partial charge in [0.1, 0.15) is 5.69 Å². The minimum Gasteiger partial charge on any atom is -0.350 e. The summed E-state index contributed by atoms with van der Waals surface area (Å²) in [6, 6.07) is 8.98. The van der Waals surface area contributed by atoms with Crippen LogP contribution in [-0.4, -0.2) is 22.4 Å². The van der Waals surface area contributed by atoms with Gasteiger partial charge in [-0.3, -0.25) is 20.6 Å². The van der Waals surface area contributed by atoms with Gasteiger partial charge in [0, 0.05) is 31.1 Å². The van der Waals surface area contributed by atoms with E-state index in [1.807, 2.05) is 18.2 Å².